The van der Waals surface area contributed by atoms with Crippen LogP contribution in [0.25, 0.3) is 11.5 Å². The molecule has 1 aromatic heterocycles. The molecule has 1 fully saturated rings. The second-order valence-corrected chi connectivity index (χ2v) is 9.48. The molecule has 1 saturated heterocycles. The first-order chi connectivity index (χ1) is 14.2. The SMILES string of the molecule is Cc1cccc(-c2nc(S(=O)(=O)c3ccc(F)cc3)c(N3C[C@@H](C)O[C@@H](C)C3)o2)c1. The van der Waals surface area contributed by atoms with Crippen molar-refractivity contribution in [1.29, 1.82) is 0 Å². The van der Waals surface area contributed by atoms with Gasteiger partial charge >= 0.3 is 0 Å². The van der Waals surface area contributed by atoms with Crippen molar-refractivity contribution in [1.82, 2.24) is 4.98 Å². The Hall–Kier alpha value is -2.71. The number of aromatic nitrogens is 1. The highest BCUT2D eigenvalue weighted by Gasteiger charge is 2.34. The van der Waals surface area contributed by atoms with Gasteiger partial charge in [-0.25, -0.2) is 12.8 Å². The Morgan fingerprint density at radius 2 is 1.73 bits per heavy atom. The maximum absolute atomic E-state index is 13.4. The molecule has 0 N–H and O–H groups in total. The molecule has 2 atom stereocenters. The molecular formula is C22H23FN2O4S. The van der Waals surface area contributed by atoms with Crippen LogP contribution in [0.15, 0.2) is 62.9 Å². The van der Waals surface area contributed by atoms with E-state index in [-0.39, 0.29) is 33.9 Å². The predicted octanol–water partition coefficient (Wildman–Crippen LogP) is 4.24. The van der Waals surface area contributed by atoms with Gasteiger partial charge in [0.05, 0.1) is 17.1 Å². The van der Waals surface area contributed by atoms with Gasteiger partial charge in [0.25, 0.3) is 0 Å². The molecule has 0 spiro atoms. The molecule has 1 aliphatic rings. The van der Waals surface area contributed by atoms with Gasteiger partial charge in [-0.2, -0.15) is 4.98 Å². The minimum Gasteiger partial charge on any atom is -0.419 e. The Kier molecular flexibility index (Phi) is 5.38. The number of anilines is 1. The summed E-state index contributed by atoms with van der Waals surface area (Å²) in [5, 5.41) is -0.174. The zero-order chi connectivity index (χ0) is 21.5. The van der Waals surface area contributed by atoms with Gasteiger partial charge in [0.1, 0.15) is 5.82 Å². The van der Waals surface area contributed by atoms with E-state index in [1.807, 2.05) is 49.9 Å². The Balaban J connectivity index is 1.86. The average Bonchev–Trinajstić information content (AvgIpc) is 3.14. The van der Waals surface area contributed by atoms with Crippen molar-refractivity contribution in [3.8, 4) is 11.5 Å². The topological polar surface area (TPSA) is 72.6 Å². The summed E-state index contributed by atoms with van der Waals surface area (Å²) in [6.45, 7) is 6.73. The third-order valence-electron chi connectivity index (χ3n) is 4.93. The van der Waals surface area contributed by atoms with Crippen LogP contribution >= 0.6 is 0 Å². The maximum atomic E-state index is 13.4. The van der Waals surface area contributed by atoms with E-state index in [2.05, 4.69) is 4.98 Å². The number of benzene rings is 2. The first-order valence-electron chi connectivity index (χ1n) is 9.73. The lowest BCUT2D eigenvalue weighted by molar-refractivity contribution is -0.00657. The number of nitrogens with zero attached hydrogens (tertiary/aromatic N) is 2. The third kappa shape index (κ3) is 3.97. The fraction of sp³-hybridized carbons (Fsp3) is 0.318. The maximum Gasteiger partial charge on any atom is 0.236 e. The van der Waals surface area contributed by atoms with Crippen LogP contribution in [-0.2, 0) is 14.6 Å². The highest BCUT2D eigenvalue weighted by atomic mass is 32.2. The summed E-state index contributed by atoms with van der Waals surface area (Å²) in [4.78, 5) is 6.20. The number of hydrogen-bond acceptors (Lipinski definition) is 6. The monoisotopic (exact) mass is 430 g/mol. The quantitative estimate of drug-likeness (QED) is 0.577. The van der Waals surface area contributed by atoms with Gasteiger partial charge in [0.2, 0.25) is 26.6 Å². The number of rotatable bonds is 4. The molecule has 0 unspecified atom stereocenters. The number of ether oxygens (including phenoxy) is 1. The molecule has 8 heteroatoms. The number of morpholine rings is 1. The molecule has 2 aromatic carbocycles. The molecule has 0 saturated carbocycles. The standard InChI is InChI=1S/C22H23FN2O4S/c1-14-5-4-6-17(11-14)20-24-21(30(26,27)19-9-7-18(23)8-10-19)22(29-20)25-12-15(2)28-16(3)13-25/h4-11,15-16H,12-13H2,1-3H3/t15-,16+. The van der Waals surface area contributed by atoms with Crippen molar-refractivity contribution in [2.75, 3.05) is 18.0 Å². The van der Waals surface area contributed by atoms with Crippen LogP contribution in [0.1, 0.15) is 19.4 Å². The van der Waals surface area contributed by atoms with E-state index < -0.39 is 15.7 Å². The minimum atomic E-state index is -4.02. The zero-order valence-electron chi connectivity index (χ0n) is 17.0. The van der Waals surface area contributed by atoms with E-state index in [4.69, 9.17) is 9.15 Å². The minimum absolute atomic E-state index is 0.0383. The van der Waals surface area contributed by atoms with Crippen LogP contribution in [0.5, 0.6) is 0 Å². The predicted molar refractivity (Wildman–Crippen MR) is 111 cm³/mol. The van der Waals surface area contributed by atoms with E-state index >= 15 is 0 Å². The van der Waals surface area contributed by atoms with Gasteiger partial charge in [-0.1, -0.05) is 17.7 Å². The smallest absolute Gasteiger partial charge is 0.236 e. The van der Waals surface area contributed by atoms with E-state index in [1.165, 1.54) is 12.1 Å². The van der Waals surface area contributed by atoms with Crippen molar-refractivity contribution in [2.24, 2.45) is 0 Å². The van der Waals surface area contributed by atoms with Crippen molar-refractivity contribution in [3.05, 3.63) is 59.9 Å². The van der Waals surface area contributed by atoms with Crippen LogP contribution in [0, 0.1) is 12.7 Å². The average molecular weight is 431 g/mol. The molecular weight excluding hydrogens is 407 g/mol. The van der Waals surface area contributed by atoms with Crippen LogP contribution < -0.4 is 4.90 Å². The lowest BCUT2D eigenvalue weighted by atomic mass is 10.1. The first kappa shape index (κ1) is 20.6. The first-order valence-corrected chi connectivity index (χ1v) is 11.2. The summed E-state index contributed by atoms with van der Waals surface area (Å²) in [5.74, 6) is -0.107. The van der Waals surface area contributed by atoms with E-state index in [1.54, 1.807) is 0 Å². The Morgan fingerprint density at radius 1 is 1.07 bits per heavy atom. The molecule has 158 valence electrons. The highest BCUT2D eigenvalue weighted by Crippen LogP contribution is 2.36. The second-order valence-electron chi connectivity index (χ2n) is 7.62. The van der Waals surface area contributed by atoms with Gasteiger partial charge in [-0.15, -0.1) is 0 Å². The number of aryl methyl sites for hydroxylation is 1. The van der Waals surface area contributed by atoms with Gasteiger partial charge in [-0.05, 0) is 57.2 Å². The molecule has 6 nitrogen and oxygen atoms in total. The highest BCUT2D eigenvalue weighted by molar-refractivity contribution is 7.91. The largest absolute Gasteiger partial charge is 0.419 e. The van der Waals surface area contributed by atoms with Gasteiger partial charge in [-0.3, -0.25) is 0 Å². The van der Waals surface area contributed by atoms with Gasteiger partial charge in [0.15, 0.2) is 0 Å². The molecule has 0 amide bonds. The summed E-state index contributed by atoms with van der Waals surface area (Å²) in [7, 11) is -4.02. The number of oxazole rings is 1. The molecule has 4 rings (SSSR count). The fourth-order valence-corrected chi connectivity index (χ4v) is 4.96. The van der Waals surface area contributed by atoms with Crippen molar-refractivity contribution in [2.45, 2.75) is 42.9 Å². The molecule has 3 aromatic rings. The summed E-state index contributed by atoms with van der Waals surface area (Å²) in [6.07, 6.45) is -0.190. The summed E-state index contributed by atoms with van der Waals surface area (Å²) < 4.78 is 51.9. The molecule has 0 bridgehead atoms. The van der Waals surface area contributed by atoms with E-state index in [0.717, 1.165) is 17.7 Å². The number of hydrogen-bond donors (Lipinski definition) is 0. The molecule has 0 radical (unpaired) electrons. The lowest BCUT2D eigenvalue weighted by Gasteiger charge is -2.35. The number of sulfone groups is 1. The summed E-state index contributed by atoms with van der Waals surface area (Å²) in [5.41, 5.74) is 1.69. The second kappa shape index (κ2) is 7.85. The van der Waals surface area contributed by atoms with Crippen LogP contribution in [0.2, 0.25) is 0 Å². The van der Waals surface area contributed by atoms with Gasteiger partial charge in [0, 0.05) is 18.7 Å². The summed E-state index contributed by atoms with van der Waals surface area (Å²) in [6, 6.07) is 12.2. The van der Waals surface area contributed by atoms with Crippen LogP contribution in [-0.4, -0.2) is 38.7 Å². The molecule has 30 heavy (non-hydrogen) atoms. The van der Waals surface area contributed by atoms with Crippen LogP contribution in [0.3, 0.4) is 0 Å². The lowest BCUT2D eigenvalue weighted by Crippen LogP contribution is -2.45. The van der Waals surface area contributed by atoms with E-state index in [9.17, 15) is 12.8 Å². The van der Waals surface area contributed by atoms with Crippen LogP contribution in [0.4, 0.5) is 10.3 Å². The molecule has 1 aliphatic heterocycles. The van der Waals surface area contributed by atoms with E-state index in [0.29, 0.717) is 18.7 Å². The van der Waals surface area contributed by atoms with Crippen molar-refractivity contribution in [3.63, 3.8) is 0 Å². The Labute approximate surface area is 175 Å². The molecule has 0 aliphatic carbocycles. The fourth-order valence-electron chi connectivity index (χ4n) is 3.64. The number of halogens is 1. The van der Waals surface area contributed by atoms with Crippen molar-refractivity contribution < 1.29 is 22.0 Å². The Morgan fingerprint density at radius 3 is 2.37 bits per heavy atom. The van der Waals surface area contributed by atoms with Gasteiger partial charge < -0.3 is 14.1 Å². The summed E-state index contributed by atoms with van der Waals surface area (Å²) >= 11 is 0. The molecule has 2 heterocycles. The zero-order valence-corrected chi connectivity index (χ0v) is 17.8. The van der Waals surface area contributed by atoms with Crippen molar-refractivity contribution >= 4 is 15.7 Å². The third-order valence-corrected chi connectivity index (χ3v) is 6.60. The Bertz CT molecular complexity index is 1150. The normalized spacial score (nSPS) is 19.8.